The van der Waals surface area contributed by atoms with Crippen molar-refractivity contribution in [2.45, 2.75) is 32.8 Å². The fraction of sp³-hybridized carbons (Fsp3) is 0.615. The Kier molecular flexibility index (Phi) is 4.31. The van der Waals surface area contributed by atoms with Crippen molar-refractivity contribution in [3.8, 4) is 0 Å². The van der Waals surface area contributed by atoms with Crippen LogP contribution in [-0.2, 0) is 4.74 Å². The van der Waals surface area contributed by atoms with Gasteiger partial charge in [0.15, 0.2) is 0 Å². The van der Waals surface area contributed by atoms with Gasteiger partial charge in [-0.15, -0.1) is 0 Å². The summed E-state index contributed by atoms with van der Waals surface area (Å²) in [5, 5.41) is 12.7. The number of aryl methyl sites for hydroxylation is 1. The second kappa shape index (κ2) is 5.97. The summed E-state index contributed by atoms with van der Waals surface area (Å²) < 4.78 is 4.91. The van der Waals surface area contributed by atoms with Crippen LogP contribution in [0.3, 0.4) is 0 Å². The lowest BCUT2D eigenvalue weighted by atomic mass is 10.2. The minimum atomic E-state index is -0.412. The highest BCUT2D eigenvalue weighted by Crippen LogP contribution is 2.32. The van der Waals surface area contributed by atoms with Gasteiger partial charge in [-0.25, -0.2) is 14.8 Å². The highest BCUT2D eigenvalue weighted by atomic mass is 16.5. The molecule has 6 heteroatoms. The van der Waals surface area contributed by atoms with Crippen molar-refractivity contribution >= 4 is 11.9 Å². The first-order chi connectivity index (χ1) is 9.11. The van der Waals surface area contributed by atoms with Gasteiger partial charge in [-0.05, 0) is 32.6 Å². The molecule has 1 aromatic heterocycles. The van der Waals surface area contributed by atoms with Crippen LogP contribution in [0, 0.1) is 12.8 Å². The molecule has 1 aliphatic rings. The van der Waals surface area contributed by atoms with Crippen molar-refractivity contribution in [2.24, 2.45) is 5.92 Å². The highest BCUT2D eigenvalue weighted by Gasteiger charge is 2.29. The summed E-state index contributed by atoms with van der Waals surface area (Å²) in [6.07, 6.45) is 3.27. The Morgan fingerprint density at radius 1 is 1.63 bits per heavy atom. The van der Waals surface area contributed by atoms with Crippen molar-refractivity contribution < 1.29 is 14.6 Å². The number of nitrogens with one attached hydrogen (secondary N) is 1. The standard InChI is InChI=1S/C13H19N3O3/c1-3-19-12(18)10-6-14-13(16-8(10)2)15-7-11(17)9-4-5-9/h6,9,11,17H,3-5,7H2,1-2H3,(H,14,15,16). The van der Waals surface area contributed by atoms with E-state index in [1.165, 1.54) is 6.20 Å². The highest BCUT2D eigenvalue weighted by molar-refractivity contribution is 5.90. The number of nitrogens with zero attached hydrogens (tertiary/aromatic N) is 2. The second-order valence-electron chi connectivity index (χ2n) is 4.70. The molecule has 2 N–H and O–H groups in total. The van der Waals surface area contributed by atoms with Gasteiger partial charge < -0.3 is 15.2 Å². The lowest BCUT2D eigenvalue weighted by Gasteiger charge is -2.11. The third-order valence-electron chi connectivity index (χ3n) is 3.11. The molecule has 0 amide bonds. The van der Waals surface area contributed by atoms with Gasteiger partial charge in [-0.3, -0.25) is 0 Å². The molecule has 1 saturated carbocycles. The van der Waals surface area contributed by atoms with Gasteiger partial charge in [-0.1, -0.05) is 0 Å². The number of ether oxygens (including phenoxy) is 1. The van der Waals surface area contributed by atoms with Crippen molar-refractivity contribution in [1.29, 1.82) is 0 Å². The number of hydrogen-bond acceptors (Lipinski definition) is 6. The maximum Gasteiger partial charge on any atom is 0.341 e. The van der Waals surface area contributed by atoms with Crippen LogP contribution in [-0.4, -0.2) is 40.3 Å². The van der Waals surface area contributed by atoms with E-state index in [0.29, 0.717) is 36.3 Å². The first-order valence-corrected chi connectivity index (χ1v) is 6.54. The molecule has 0 radical (unpaired) electrons. The normalized spacial score (nSPS) is 15.9. The molecular weight excluding hydrogens is 246 g/mol. The Labute approximate surface area is 112 Å². The molecule has 19 heavy (non-hydrogen) atoms. The lowest BCUT2D eigenvalue weighted by Crippen LogP contribution is -2.22. The molecule has 0 aromatic carbocycles. The quantitative estimate of drug-likeness (QED) is 0.750. The molecule has 1 fully saturated rings. The van der Waals surface area contributed by atoms with Crippen molar-refractivity contribution in [1.82, 2.24) is 9.97 Å². The molecule has 1 aliphatic carbocycles. The van der Waals surface area contributed by atoms with E-state index in [-0.39, 0.29) is 6.10 Å². The van der Waals surface area contributed by atoms with Gasteiger partial charge in [0.1, 0.15) is 0 Å². The summed E-state index contributed by atoms with van der Waals surface area (Å²) in [6.45, 7) is 4.24. The average molecular weight is 265 g/mol. The number of aromatic nitrogens is 2. The molecule has 2 rings (SSSR count). The number of esters is 1. The minimum Gasteiger partial charge on any atom is -0.462 e. The molecule has 0 aliphatic heterocycles. The van der Waals surface area contributed by atoms with E-state index in [1.54, 1.807) is 13.8 Å². The molecular formula is C13H19N3O3. The number of aliphatic hydroxyl groups excluding tert-OH is 1. The zero-order chi connectivity index (χ0) is 13.8. The molecule has 0 spiro atoms. The van der Waals surface area contributed by atoms with E-state index < -0.39 is 5.97 Å². The summed E-state index contributed by atoms with van der Waals surface area (Å²) in [7, 11) is 0. The summed E-state index contributed by atoms with van der Waals surface area (Å²) in [6, 6.07) is 0. The number of carbonyl (C=O) groups is 1. The SMILES string of the molecule is CCOC(=O)c1cnc(NCC(O)C2CC2)nc1C. The monoisotopic (exact) mass is 265 g/mol. The van der Waals surface area contributed by atoms with E-state index in [0.717, 1.165) is 12.8 Å². The third-order valence-corrected chi connectivity index (χ3v) is 3.11. The predicted molar refractivity (Wildman–Crippen MR) is 69.9 cm³/mol. The number of hydrogen-bond donors (Lipinski definition) is 2. The number of carbonyl (C=O) groups excluding carboxylic acids is 1. The van der Waals surface area contributed by atoms with Gasteiger partial charge in [-0.2, -0.15) is 0 Å². The third kappa shape index (κ3) is 3.64. The van der Waals surface area contributed by atoms with E-state index in [2.05, 4.69) is 15.3 Å². The molecule has 1 aromatic rings. The van der Waals surface area contributed by atoms with Crippen LogP contribution >= 0.6 is 0 Å². The van der Waals surface area contributed by atoms with Crippen LogP contribution in [0.4, 0.5) is 5.95 Å². The lowest BCUT2D eigenvalue weighted by molar-refractivity contribution is 0.0524. The maximum absolute atomic E-state index is 11.6. The first kappa shape index (κ1) is 13.7. The van der Waals surface area contributed by atoms with E-state index in [9.17, 15) is 9.90 Å². The van der Waals surface area contributed by atoms with Crippen LogP contribution in [0.2, 0.25) is 0 Å². The van der Waals surface area contributed by atoms with Crippen molar-refractivity contribution in [2.75, 3.05) is 18.5 Å². The smallest absolute Gasteiger partial charge is 0.341 e. The molecule has 6 nitrogen and oxygen atoms in total. The molecule has 0 saturated heterocycles. The van der Waals surface area contributed by atoms with Crippen LogP contribution in [0.5, 0.6) is 0 Å². The van der Waals surface area contributed by atoms with E-state index in [1.807, 2.05) is 0 Å². The summed E-state index contributed by atoms with van der Waals surface area (Å²) >= 11 is 0. The van der Waals surface area contributed by atoms with Crippen molar-refractivity contribution in [3.05, 3.63) is 17.5 Å². The van der Waals surface area contributed by atoms with Gasteiger partial charge in [0, 0.05) is 12.7 Å². The summed E-state index contributed by atoms with van der Waals surface area (Å²) in [5.41, 5.74) is 0.937. The molecule has 104 valence electrons. The Balaban J connectivity index is 1.95. The molecule has 1 heterocycles. The predicted octanol–water partition coefficient (Wildman–Crippen LogP) is 1.14. The van der Waals surface area contributed by atoms with Crippen LogP contribution < -0.4 is 5.32 Å². The van der Waals surface area contributed by atoms with Crippen LogP contribution in [0.25, 0.3) is 0 Å². The summed E-state index contributed by atoms with van der Waals surface area (Å²) in [4.78, 5) is 19.8. The fourth-order valence-electron chi connectivity index (χ4n) is 1.81. The van der Waals surface area contributed by atoms with Crippen LogP contribution in [0.15, 0.2) is 6.20 Å². The molecule has 1 unspecified atom stereocenters. The zero-order valence-corrected chi connectivity index (χ0v) is 11.2. The number of rotatable bonds is 6. The number of anilines is 1. The molecule has 1 atom stereocenters. The first-order valence-electron chi connectivity index (χ1n) is 6.54. The van der Waals surface area contributed by atoms with Gasteiger partial charge in [0.25, 0.3) is 0 Å². The van der Waals surface area contributed by atoms with Crippen LogP contribution in [0.1, 0.15) is 35.8 Å². The van der Waals surface area contributed by atoms with E-state index >= 15 is 0 Å². The fourth-order valence-corrected chi connectivity index (χ4v) is 1.81. The Hall–Kier alpha value is -1.69. The second-order valence-corrected chi connectivity index (χ2v) is 4.70. The average Bonchev–Trinajstić information content (AvgIpc) is 3.20. The maximum atomic E-state index is 11.6. The minimum absolute atomic E-state index is 0.325. The Bertz CT molecular complexity index is 460. The Morgan fingerprint density at radius 3 is 2.95 bits per heavy atom. The van der Waals surface area contributed by atoms with Gasteiger partial charge in [0.05, 0.1) is 24.0 Å². The van der Waals surface area contributed by atoms with Gasteiger partial charge >= 0.3 is 5.97 Å². The topological polar surface area (TPSA) is 84.3 Å². The Morgan fingerprint density at radius 2 is 2.37 bits per heavy atom. The largest absolute Gasteiger partial charge is 0.462 e. The van der Waals surface area contributed by atoms with E-state index in [4.69, 9.17) is 4.74 Å². The number of aliphatic hydroxyl groups is 1. The zero-order valence-electron chi connectivity index (χ0n) is 11.2. The molecule has 0 bridgehead atoms. The van der Waals surface area contributed by atoms with Gasteiger partial charge in [0.2, 0.25) is 5.95 Å². The van der Waals surface area contributed by atoms with Crippen molar-refractivity contribution in [3.63, 3.8) is 0 Å². The summed E-state index contributed by atoms with van der Waals surface area (Å²) in [5.74, 6) is 0.419.